The van der Waals surface area contributed by atoms with E-state index in [-0.39, 0.29) is 5.82 Å². The minimum absolute atomic E-state index is 0.197. The highest BCUT2D eigenvalue weighted by Gasteiger charge is 2.26. The van der Waals surface area contributed by atoms with Gasteiger partial charge < -0.3 is 10.0 Å². The van der Waals surface area contributed by atoms with Gasteiger partial charge in [-0.2, -0.15) is 0 Å². The van der Waals surface area contributed by atoms with E-state index < -0.39 is 5.60 Å². The number of hydrogen-bond donors (Lipinski definition) is 1. The van der Waals surface area contributed by atoms with Crippen LogP contribution in [0.5, 0.6) is 0 Å². The molecule has 1 unspecified atom stereocenters. The van der Waals surface area contributed by atoms with Crippen LogP contribution in [0.25, 0.3) is 0 Å². The number of aliphatic hydroxyl groups is 1. The van der Waals surface area contributed by atoms with Crippen LogP contribution in [0.15, 0.2) is 36.9 Å². The Bertz CT molecular complexity index is 860. The molecule has 6 heteroatoms. The molecule has 3 rings (SSSR count). The van der Waals surface area contributed by atoms with Gasteiger partial charge >= 0.3 is 0 Å². The third kappa shape index (κ3) is 5.19. The van der Waals surface area contributed by atoms with Crippen LogP contribution in [0.4, 0.5) is 10.2 Å². The summed E-state index contributed by atoms with van der Waals surface area (Å²) in [7, 11) is 0. The predicted octanol–water partition coefficient (Wildman–Crippen LogP) is 3.14. The van der Waals surface area contributed by atoms with Crippen molar-refractivity contribution in [1.82, 2.24) is 14.9 Å². The second-order valence-corrected chi connectivity index (χ2v) is 7.97. The fourth-order valence-corrected chi connectivity index (χ4v) is 3.84. The Labute approximate surface area is 172 Å². The molecule has 29 heavy (non-hydrogen) atoms. The lowest BCUT2D eigenvalue weighted by molar-refractivity contribution is 0.0596. The quantitative estimate of drug-likeness (QED) is 0.726. The first-order chi connectivity index (χ1) is 13.8. The first-order valence-corrected chi connectivity index (χ1v) is 10.3. The van der Waals surface area contributed by atoms with Gasteiger partial charge in [-0.15, -0.1) is 6.58 Å². The zero-order valence-electron chi connectivity index (χ0n) is 17.7. The predicted molar refractivity (Wildman–Crippen MR) is 115 cm³/mol. The zero-order valence-corrected chi connectivity index (χ0v) is 17.7. The summed E-state index contributed by atoms with van der Waals surface area (Å²) >= 11 is 0. The number of benzene rings is 1. The lowest BCUT2D eigenvalue weighted by Crippen LogP contribution is -2.51. The van der Waals surface area contributed by atoms with Crippen LogP contribution in [0, 0.1) is 12.7 Å². The van der Waals surface area contributed by atoms with E-state index in [2.05, 4.69) is 28.3 Å². The van der Waals surface area contributed by atoms with Crippen molar-refractivity contribution in [3.63, 3.8) is 0 Å². The monoisotopic (exact) mass is 398 g/mol. The SMILES string of the molecule is C=CC(C)(O)CN1CCN(c2nc(C)nc(CC)c2Cc2ccccc2F)CC1. The number of aromatic nitrogens is 2. The van der Waals surface area contributed by atoms with E-state index in [1.165, 1.54) is 6.07 Å². The molecule has 1 saturated heterocycles. The largest absolute Gasteiger partial charge is 0.385 e. The molecule has 2 aromatic rings. The molecule has 1 N–H and O–H groups in total. The molecule has 1 aromatic carbocycles. The Hall–Kier alpha value is -2.31. The lowest BCUT2D eigenvalue weighted by Gasteiger charge is -2.38. The minimum atomic E-state index is -0.890. The van der Waals surface area contributed by atoms with Crippen LogP contribution in [-0.2, 0) is 12.8 Å². The summed E-state index contributed by atoms with van der Waals surface area (Å²) < 4.78 is 14.3. The lowest BCUT2D eigenvalue weighted by atomic mass is 10.0. The molecule has 1 aliphatic rings. The smallest absolute Gasteiger partial charge is 0.136 e. The van der Waals surface area contributed by atoms with Crippen LogP contribution in [0.1, 0.15) is 36.5 Å². The number of piperazine rings is 1. The van der Waals surface area contributed by atoms with Crippen molar-refractivity contribution in [3.05, 3.63) is 65.4 Å². The molecule has 1 aliphatic heterocycles. The third-order valence-corrected chi connectivity index (χ3v) is 5.50. The summed E-state index contributed by atoms with van der Waals surface area (Å²) in [6, 6.07) is 6.90. The van der Waals surface area contributed by atoms with Crippen LogP contribution in [-0.4, -0.2) is 58.3 Å². The van der Waals surface area contributed by atoms with Crippen molar-refractivity contribution in [3.8, 4) is 0 Å². The number of halogens is 1. The molecule has 0 aliphatic carbocycles. The summed E-state index contributed by atoms with van der Waals surface area (Å²) in [5.41, 5.74) is 1.76. The zero-order chi connectivity index (χ0) is 21.0. The Morgan fingerprint density at radius 2 is 1.90 bits per heavy atom. The van der Waals surface area contributed by atoms with Crippen LogP contribution in [0.2, 0.25) is 0 Å². The van der Waals surface area contributed by atoms with Gasteiger partial charge in [0.05, 0.1) is 5.60 Å². The maximum atomic E-state index is 14.3. The van der Waals surface area contributed by atoms with Crippen molar-refractivity contribution in [2.24, 2.45) is 0 Å². The number of anilines is 1. The standard InChI is InChI=1S/C23H31FN4O/c1-5-21-19(15-18-9-7-8-10-20(18)24)22(26-17(3)25-21)28-13-11-27(12-14-28)16-23(4,29)6-2/h6-10,29H,2,5,11-16H2,1,3-4H3. The first kappa shape index (κ1) is 21.4. The highest BCUT2D eigenvalue weighted by molar-refractivity contribution is 5.52. The molecule has 1 fully saturated rings. The summed E-state index contributed by atoms with van der Waals surface area (Å²) in [4.78, 5) is 13.9. The van der Waals surface area contributed by atoms with Crippen molar-refractivity contribution in [2.45, 2.75) is 39.2 Å². The number of aryl methyl sites for hydroxylation is 2. The minimum Gasteiger partial charge on any atom is -0.385 e. The fraction of sp³-hybridized carbons (Fsp3) is 0.478. The third-order valence-electron chi connectivity index (χ3n) is 5.50. The first-order valence-electron chi connectivity index (χ1n) is 10.3. The van der Waals surface area contributed by atoms with Gasteiger partial charge in [-0.05, 0) is 31.9 Å². The molecular formula is C23H31FN4O. The van der Waals surface area contributed by atoms with E-state index in [9.17, 15) is 9.50 Å². The van der Waals surface area contributed by atoms with Gasteiger partial charge in [0, 0.05) is 50.4 Å². The number of β-amino-alcohol motifs (C(OH)–C–C–N with tert-alkyl or cyclic N) is 1. The van der Waals surface area contributed by atoms with Crippen molar-refractivity contribution < 1.29 is 9.50 Å². The molecule has 0 saturated carbocycles. The highest BCUT2D eigenvalue weighted by atomic mass is 19.1. The molecule has 156 valence electrons. The molecule has 5 nitrogen and oxygen atoms in total. The van der Waals surface area contributed by atoms with Crippen LogP contribution >= 0.6 is 0 Å². The van der Waals surface area contributed by atoms with E-state index >= 15 is 0 Å². The molecular weight excluding hydrogens is 367 g/mol. The van der Waals surface area contributed by atoms with Crippen LogP contribution < -0.4 is 4.90 Å². The van der Waals surface area contributed by atoms with Crippen molar-refractivity contribution in [1.29, 1.82) is 0 Å². The summed E-state index contributed by atoms with van der Waals surface area (Å²) in [5, 5.41) is 10.3. The number of rotatable bonds is 7. The van der Waals surface area contributed by atoms with E-state index in [0.717, 1.165) is 55.5 Å². The van der Waals surface area contributed by atoms with E-state index in [1.807, 2.05) is 19.1 Å². The maximum Gasteiger partial charge on any atom is 0.136 e. The number of nitrogens with zero attached hydrogens (tertiary/aromatic N) is 4. The van der Waals surface area contributed by atoms with Gasteiger partial charge in [-0.3, -0.25) is 4.90 Å². The topological polar surface area (TPSA) is 52.5 Å². The Morgan fingerprint density at radius 1 is 1.21 bits per heavy atom. The molecule has 0 radical (unpaired) electrons. The van der Waals surface area contributed by atoms with Gasteiger partial charge in [0.1, 0.15) is 17.5 Å². The molecule has 1 aromatic heterocycles. The average molecular weight is 399 g/mol. The van der Waals surface area contributed by atoms with Gasteiger partial charge in [0.2, 0.25) is 0 Å². The molecule has 1 atom stereocenters. The maximum absolute atomic E-state index is 14.3. The molecule has 2 heterocycles. The summed E-state index contributed by atoms with van der Waals surface area (Å²) in [6.45, 7) is 13.3. The van der Waals surface area contributed by atoms with E-state index in [1.54, 1.807) is 19.1 Å². The second kappa shape index (κ2) is 9.01. The number of hydrogen-bond acceptors (Lipinski definition) is 5. The second-order valence-electron chi connectivity index (χ2n) is 7.97. The summed E-state index contributed by atoms with van der Waals surface area (Å²) in [5.74, 6) is 1.46. The van der Waals surface area contributed by atoms with E-state index in [4.69, 9.17) is 4.98 Å². The van der Waals surface area contributed by atoms with Gasteiger partial charge in [0.15, 0.2) is 0 Å². The van der Waals surface area contributed by atoms with Gasteiger partial charge in [-0.25, -0.2) is 14.4 Å². The Balaban J connectivity index is 1.85. The molecule has 0 amide bonds. The van der Waals surface area contributed by atoms with Crippen LogP contribution in [0.3, 0.4) is 0 Å². The van der Waals surface area contributed by atoms with Gasteiger partial charge in [-0.1, -0.05) is 31.2 Å². The Kier molecular flexibility index (Phi) is 6.65. The normalized spacial score (nSPS) is 17.2. The Morgan fingerprint density at radius 3 is 2.52 bits per heavy atom. The van der Waals surface area contributed by atoms with Gasteiger partial charge in [0.25, 0.3) is 0 Å². The molecule has 0 spiro atoms. The molecule has 0 bridgehead atoms. The van der Waals surface area contributed by atoms with Crippen molar-refractivity contribution in [2.75, 3.05) is 37.6 Å². The highest BCUT2D eigenvalue weighted by Crippen LogP contribution is 2.27. The average Bonchev–Trinajstić information content (AvgIpc) is 2.71. The summed E-state index contributed by atoms with van der Waals surface area (Å²) in [6.07, 6.45) is 2.85. The fourth-order valence-electron chi connectivity index (χ4n) is 3.84. The van der Waals surface area contributed by atoms with Crippen molar-refractivity contribution >= 4 is 5.82 Å². The van der Waals surface area contributed by atoms with E-state index in [0.29, 0.717) is 18.5 Å².